The van der Waals surface area contributed by atoms with E-state index >= 15 is 0 Å². The zero-order valence-corrected chi connectivity index (χ0v) is 5.72. The topological polar surface area (TPSA) is 72.8 Å². The monoisotopic (exact) mass is 156 g/mol. The van der Waals surface area contributed by atoms with Crippen molar-refractivity contribution < 1.29 is 22.4 Å². The molecule has 0 fully saturated rings. The van der Waals surface area contributed by atoms with Crippen molar-refractivity contribution in [1.29, 1.82) is 0 Å². The van der Waals surface area contributed by atoms with E-state index in [4.69, 9.17) is 4.55 Å². The molecule has 0 unspecified atom stereocenters. The maximum Gasteiger partial charge on any atom is 0.289 e. The van der Waals surface area contributed by atoms with Gasteiger partial charge >= 0.3 is 0 Å². The van der Waals surface area contributed by atoms with Gasteiger partial charge in [0.25, 0.3) is 10.1 Å². The van der Waals surface area contributed by atoms with Crippen molar-refractivity contribution in [3.05, 3.63) is 0 Å². The molecule has 9 heavy (non-hydrogen) atoms. The molecule has 5 nitrogen and oxygen atoms in total. The van der Waals surface area contributed by atoms with E-state index in [2.05, 4.69) is 9.47 Å². The highest BCUT2D eigenvalue weighted by Crippen LogP contribution is 1.82. The smallest absolute Gasteiger partial charge is 0.289 e. The van der Waals surface area contributed by atoms with Crippen molar-refractivity contribution in [2.24, 2.45) is 0 Å². The number of rotatable bonds is 4. The van der Waals surface area contributed by atoms with Crippen LogP contribution in [0.5, 0.6) is 0 Å². The largest absolute Gasteiger partial charge is 0.359 e. The number of hydrogen-bond acceptors (Lipinski definition) is 4. The molecule has 0 saturated carbocycles. The van der Waals surface area contributed by atoms with Crippen LogP contribution in [0, 0.1) is 0 Å². The minimum Gasteiger partial charge on any atom is -0.359 e. The molecule has 56 valence electrons. The zero-order chi connectivity index (χ0) is 7.33. The maximum absolute atomic E-state index is 9.88. The standard InChI is InChI=1S/C3H8O5S/c1-7-2-8-3-9(4,5)6/h2-3H2,1H3,(H,4,5,6). The summed E-state index contributed by atoms with van der Waals surface area (Å²) in [5.41, 5.74) is 0. The van der Waals surface area contributed by atoms with Gasteiger partial charge in [0.05, 0.1) is 0 Å². The second-order valence-electron chi connectivity index (χ2n) is 1.31. The van der Waals surface area contributed by atoms with Gasteiger partial charge in [-0.25, -0.2) is 0 Å². The summed E-state index contributed by atoms with van der Waals surface area (Å²) >= 11 is 0. The first-order valence-electron chi connectivity index (χ1n) is 2.08. The van der Waals surface area contributed by atoms with Crippen LogP contribution in [0.3, 0.4) is 0 Å². The van der Waals surface area contributed by atoms with Crippen LogP contribution in [0.4, 0.5) is 0 Å². The predicted molar refractivity (Wildman–Crippen MR) is 29.4 cm³/mol. The van der Waals surface area contributed by atoms with Crippen LogP contribution >= 0.6 is 0 Å². The Morgan fingerprint density at radius 2 is 2.11 bits per heavy atom. The van der Waals surface area contributed by atoms with Gasteiger partial charge < -0.3 is 9.47 Å². The third kappa shape index (κ3) is 7.83. The molecular formula is C3H8O5S. The van der Waals surface area contributed by atoms with Crippen LogP contribution in [0.2, 0.25) is 0 Å². The molecule has 0 atom stereocenters. The Bertz CT molecular complexity index is 148. The number of methoxy groups -OCH3 is 1. The van der Waals surface area contributed by atoms with Crippen molar-refractivity contribution in [2.75, 3.05) is 19.8 Å². The Morgan fingerprint density at radius 1 is 1.56 bits per heavy atom. The molecule has 6 heteroatoms. The molecule has 0 heterocycles. The average molecular weight is 156 g/mol. The van der Waals surface area contributed by atoms with Crippen LogP contribution in [0.25, 0.3) is 0 Å². The lowest BCUT2D eigenvalue weighted by Crippen LogP contribution is -2.09. The third-order valence-corrected chi connectivity index (χ3v) is 0.898. The molecule has 0 spiro atoms. The molecule has 0 saturated heterocycles. The second-order valence-corrected chi connectivity index (χ2v) is 2.71. The molecule has 0 bridgehead atoms. The minimum atomic E-state index is -4.00. The Morgan fingerprint density at radius 3 is 2.44 bits per heavy atom. The van der Waals surface area contributed by atoms with E-state index in [1.807, 2.05) is 0 Å². The van der Waals surface area contributed by atoms with E-state index in [-0.39, 0.29) is 6.79 Å². The molecule has 0 aliphatic carbocycles. The van der Waals surface area contributed by atoms with Crippen LogP contribution < -0.4 is 0 Å². The molecule has 1 N–H and O–H groups in total. The predicted octanol–water partition coefficient (Wildman–Crippen LogP) is -0.548. The van der Waals surface area contributed by atoms with Crippen molar-refractivity contribution in [1.82, 2.24) is 0 Å². The van der Waals surface area contributed by atoms with Gasteiger partial charge in [-0.2, -0.15) is 8.42 Å². The molecule has 0 aliphatic heterocycles. The summed E-state index contributed by atoms with van der Waals surface area (Å²) in [6.45, 7) is -0.139. The summed E-state index contributed by atoms with van der Waals surface area (Å²) < 4.78 is 36.4. The lowest BCUT2D eigenvalue weighted by atomic mass is 11.4. The Kier molecular flexibility index (Phi) is 3.71. The first kappa shape index (κ1) is 8.83. The lowest BCUT2D eigenvalue weighted by Gasteiger charge is -1.97. The van der Waals surface area contributed by atoms with Gasteiger partial charge in [-0.15, -0.1) is 0 Å². The fraction of sp³-hybridized carbons (Fsp3) is 1.00. The summed E-state index contributed by atoms with van der Waals surface area (Å²) in [5, 5.41) is 0. The zero-order valence-electron chi connectivity index (χ0n) is 4.90. The van der Waals surface area contributed by atoms with E-state index in [9.17, 15) is 8.42 Å². The summed E-state index contributed by atoms with van der Waals surface area (Å²) in [6.07, 6.45) is 0. The highest BCUT2D eigenvalue weighted by Gasteiger charge is 2.01. The van der Waals surface area contributed by atoms with Gasteiger partial charge in [0.1, 0.15) is 6.79 Å². The van der Waals surface area contributed by atoms with Crippen LogP contribution in [0.15, 0.2) is 0 Å². The first-order valence-corrected chi connectivity index (χ1v) is 3.69. The number of hydrogen-bond donors (Lipinski definition) is 1. The molecule has 0 aromatic rings. The SMILES string of the molecule is COCOCS(=O)(=O)O. The highest BCUT2D eigenvalue weighted by atomic mass is 32.2. The van der Waals surface area contributed by atoms with Gasteiger partial charge in [-0.05, 0) is 0 Å². The molecule has 0 rings (SSSR count). The van der Waals surface area contributed by atoms with Crippen molar-refractivity contribution in [3.63, 3.8) is 0 Å². The second kappa shape index (κ2) is 3.78. The van der Waals surface area contributed by atoms with Crippen molar-refractivity contribution in [2.45, 2.75) is 0 Å². The fourth-order valence-corrected chi connectivity index (χ4v) is 0.501. The van der Waals surface area contributed by atoms with Crippen LogP contribution in [-0.2, 0) is 19.6 Å². The van der Waals surface area contributed by atoms with E-state index in [1.165, 1.54) is 7.11 Å². The third-order valence-electron chi connectivity index (χ3n) is 0.433. The van der Waals surface area contributed by atoms with Crippen molar-refractivity contribution in [3.8, 4) is 0 Å². The molecule has 0 aliphatic rings. The van der Waals surface area contributed by atoms with Gasteiger partial charge in [-0.1, -0.05) is 0 Å². The Balaban J connectivity index is 3.30. The van der Waals surface area contributed by atoms with Gasteiger partial charge in [0, 0.05) is 7.11 Å². The van der Waals surface area contributed by atoms with E-state index < -0.39 is 16.1 Å². The average Bonchev–Trinajstić information content (AvgIpc) is 1.63. The van der Waals surface area contributed by atoms with Crippen LogP contribution in [0.1, 0.15) is 0 Å². The van der Waals surface area contributed by atoms with Gasteiger partial charge in [0.2, 0.25) is 0 Å². The van der Waals surface area contributed by atoms with Crippen molar-refractivity contribution >= 4 is 10.1 Å². The molecule has 0 aromatic heterocycles. The van der Waals surface area contributed by atoms with Gasteiger partial charge in [0.15, 0.2) is 5.94 Å². The Labute approximate surface area is 53.3 Å². The molecule has 0 amide bonds. The first-order chi connectivity index (χ1) is 4.06. The van der Waals surface area contributed by atoms with E-state index in [1.54, 1.807) is 0 Å². The Hall–Kier alpha value is -0.170. The summed E-state index contributed by atoms with van der Waals surface area (Å²) in [5.74, 6) is -0.721. The number of ether oxygens (including phenoxy) is 2. The maximum atomic E-state index is 9.88. The summed E-state index contributed by atoms with van der Waals surface area (Å²) in [4.78, 5) is 0. The van der Waals surface area contributed by atoms with Crippen LogP contribution in [-0.4, -0.2) is 32.8 Å². The normalized spacial score (nSPS) is 11.8. The van der Waals surface area contributed by atoms with Gasteiger partial charge in [-0.3, -0.25) is 4.55 Å². The minimum absolute atomic E-state index is 0.139. The highest BCUT2D eigenvalue weighted by molar-refractivity contribution is 7.85. The quantitative estimate of drug-likeness (QED) is 0.336. The molecule has 0 radical (unpaired) electrons. The summed E-state index contributed by atoms with van der Waals surface area (Å²) in [7, 11) is -2.65. The fourth-order valence-electron chi connectivity index (χ4n) is 0.223. The lowest BCUT2D eigenvalue weighted by molar-refractivity contribution is -0.0132. The summed E-state index contributed by atoms with van der Waals surface area (Å²) in [6, 6.07) is 0. The molecule has 0 aromatic carbocycles. The molecular weight excluding hydrogens is 148 g/mol. The van der Waals surface area contributed by atoms with E-state index in [0.29, 0.717) is 0 Å². The van der Waals surface area contributed by atoms with E-state index in [0.717, 1.165) is 0 Å².